The zero-order valence-corrected chi connectivity index (χ0v) is 18.6. The van der Waals surface area contributed by atoms with E-state index in [1.807, 2.05) is 31.2 Å². The first kappa shape index (κ1) is 19.5. The number of methoxy groups -OCH3 is 1. The molecule has 4 atom stereocenters. The number of oxime groups is 1. The number of ether oxygens (including phenoxy) is 2. The van der Waals surface area contributed by atoms with Crippen LogP contribution in [0.15, 0.2) is 51.1 Å². The van der Waals surface area contributed by atoms with Crippen LogP contribution in [0.5, 0.6) is 5.75 Å². The molecular formula is C23H22BrNO5. The maximum absolute atomic E-state index is 13.1. The van der Waals surface area contributed by atoms with Crippen LogP contribution < -0.4 is 4.74 Å². The molecule has 30 heavy (non-hydrogen) atoms. The fourth-order valence-electron chi connectivity index (χ4n) is 5.34. The maximum atomic E-state index is 13.1. The lowest BCUT2D eigenvalue weighted by atomic mass is 9.60. The SMILES string of the molecule is COc1ccc(C2=NOC3(C2)C(=O)O[C@@H]2C4=C(C)C(=O)C=C[C@]4(C)CC[C@H]23)cc1Br. The lowest BCUT2D eigenvalue weighted by molar-refractivity contribution is -0.158. The van der Waals surface area contributed by atoms with Gasteiger partial charge >= 0.3 is 5.97 Å². The van der Waals surface area contributed by atoms with E-state index in [0.29, 0.717) is 17.7 Å². The van der Waals surface area contributed by atoms with Gasteiger partial charge in [0.15, 0.2) is 5.78 Å². The molecule has 0 amide bonds. The third-order valence-electron chi connectivity index (χ3n) is 7.03. The summed E-state index contributed by atoms with van der Waals surface area (Å²) in [5, 5.41) is 4.29. The van der Waals surface area contributed by atoms with Gasteiger partial charge in [0.05, 0.1) is 23.2 Å². The number of ketones is 1. The predicted octanol–water partition coefficient (Wildman–Crippen LogP) is 4.12. The highest BCUT2D eigenvalue weighted by atomic mass is 79.9. The highest BCUT2D eigenvalue weighted by Gasteiger charge is 2.66. The van der Waals surface area contributed by atoms with E-state index in [9.17, 15) is 9.59 Å². The molecule has 2 aliphatic carbocycles. The molecule has 7 heteroatoms. The first-order chi connectivity index (χ1) is 14.3. The number of halogens is 1. The van der Waals surface area contributed by atoms with Gasteiger partial charge in [-0.15, -0.1) is 0 Å². The number of allylic oxidation sites excluding steroid dienone is 3. The van der Waals surface area contributed by atoms with Gasteiger partial charge in [-0.25, -0.2) is 4.79 Å². The average molecular weight is 472 g/mol. The number of rotatable bonds is 2. The standard InChI is InChI=1S/C23H22BrNO5/c1-12-17(26)7-9-22(2)8-6-14-20(19(12)22)29-21(27)23(14)11-16(25-30-23)13-4-5-18(28-3)15(24)10-13/h4-5,7,9-10,14,20H,6,8,11H2,1-3H3/t14-,20+,22+,23?/m1/s1. The number of benzene rings is 1. The second-order valence-corrected chi connectivity index (χ2v) is 9.52. The lowest BCUT2D eigenvalue weighted by Crippen LogP contribution is -2.47. The summed E-state index contributed by atoms with van der Waals surface area (Å²) in [6.45, 7) is 3.93. The van der Waals surface area contributed by atoms with E-state index in [-0.39, 0.29) is 17.1 Å². The van der Waals surface area contributed by atoms with E-state index in [4.69, 9.17) is 14.3 Å². The summed E-state index contributed by atoms with van der Waals surface area (Å²) in [7, 11) is 1.61. The average Bonchev–Trinajstić information content (AvgIpc) is 3.28. The normalized spacial score (nSPS) is 34.5. The number of carbonyl (C=O) groups is 2. The number of hydrogen-bond donors (Lipinski definition) is 0. The van der Waals surface area contributed by atoms with Gasteiger partial charge in [0.25, 0.3) is 0 Å². The summed E-state index contributed by atoms with van der Waals surface area (Å²) in [4.78, 5) is 31.3. The van der Waals surface area contributed by atoms with Crippen molar-refractivity contribution in [3.05, 3.63) is 51.5 Å². The number of nitrogens with zero attached hydrogens (tertiary/aromatic N) is 1. The quantitative estimate of drug-likeness (QED) is 0.606. The molecule has 156 valence electrons. The van der Waals surface area contributed by atoms with Crippen LogP contribution in [0.1, 0.15) is 38.7 Å². The van der Waals surface area contributed by atoms with Crippen LogP contribution in [-0.2, 0) is 19.2 Å². The molecule has 1 spiro atoms. The third kappa shape index (κ3) is 2.57. The van der Waals surface area contributed by atoms with Crippen molar-refractivity contribution >= 4 is 33.4 Å². The Kier molecular flexibility index (Phi) is 4.26. The Bertz CT molecular complexity index is 1070. The van der Waals surface area contributed by atoms with Crippen LogP contribution in [0.25, 0.3) is 0 Å². The second-order valence-electron chi connectivity index (χ2n) is 8.67. The predicted molar refractivity (Wildman–Crippen MR) is 113 cm³/mol. The Morgan fingerprint density at radius 2 is 2.10 bits per heavy atom. The summed E-state index contributed by atoms with van der Waals surface area (Å²) < 4.78 is 12.0. The Hall–Kier alpha value is -2.41. The van der Waals surface area contributed by atoms with E-state index < -0.39 is 17.7 Å². The van der Waals surface area contributed by atoms with Crippen molar-refractivity contribution in [2.24, 2.45) is 16.5 Å². The van der Waals surface area contributed by atoms with Crippen LogP contribution in [0.3, 0.4) is 0 Å². The number of carbonyl (C=O) groups excluding carboxylic acids is 2. The topological polar surface area (TPSA) is 74.2 Å². The van der Waals surface area contributed by atoms with Gasteiger partial charge in [-0.3, -0.25) is 4.79 Å². The molecule has 0 radical (unpaired) electrons. The van der Waals surface area contributed by atoms with Crippen LogP contribution in [0.2, 0.25) is 0 Å². The molecule has 5 rings (SSSR count). The van der Waals surface area contributed by atoms with Gasteiger partial charge in [0, 0.05) is 23.0 Å². The van der Waals surface area contributed by atoms with Crippen LogP contribution in [0.4, 0.5) is 0 Å². The largest absolute Gasteiger partial charge is 0.496 e. The fraction of sp³-hybridized carbons (Fsp3) is 0.435. The van der Waals surface area contributed by atoms with Crippen molar-refractivity contribution in [1.82, 2.24) is 0 Å². The minimum absolute atomic E-state index is 0.0208. The maximum Gasteiger partial charge on any atom is 0.354 e. The van der Waals surface area contributed by atoms with Gasteiger partial charge in [0.1, 0.15) is 11.9 Å². The molecule has 2 heterocycles. The Labute approximate surface area is 183 Å². The molecule has 2 fully saturated rings. The molecular weight excluding hydrogens is 450 g/mol. The van der Waals surface area contributed by atoms with Gasteiger partial charge in [-0.2, -0.15) is 0 Å². The monoisotopic (exact) mass is 471 g/mol. The molecule has 2 aliphatic heterocycles. The van der Waals surface area contributed by atoms with Gasteiger partial charge in [0.2, 0.25) is 5.60 Å². The van der Waals surface area contributed by atoms with Crippen molar-refractivity contribution in [3.8, 4) is 5.75 Å². The molecule has 1 saturated heterocycles. The number of hydrogen-bond acceptors (Lipinski definition) is 6. The highest BCUT2D eigenvalue weighted by Crippen LogP contribution is 2.56. The summed E-state index contributed by atoms with van der Waals surface area (Å²) in [6.07, 6.45) is 5.08. The summed E-state index contributed by atoms with van der Waals surface area (Å²) >= 11 is 3.50. The summed E-state index contributed by atoms with van der Waals surface area (Å²) in [5.74, 6) is 0.130. The van der Waals surface area contributed by atoms with E-state index in [2.05, 4.69) is 28.0 Å². The zero-order chi connectivity index (χ0) is 21.3. The summed E-state index contributed by atoms with van der Waals surface area (Å²) in [6, 6.07) is 5.66. The molecule has 4 aliphatic rings. The van der Waals surface area contributed by atoms with E-state index >= 15 is 0 Å². The van der Waals surface area contributed by atoms with Gasteiger partial charge in [-0.05, 0) is 65.5 Å². The molecule has 1 aromatic rings. The molecule has 0 bridgehead atoms. The first-order valence-electron chi connectivity index (χ1n) is 10.0. The smallest absolute Gasteiger partial charge is 0.354 e. The summed E-state index contributed by atoms with van der Waals surface area (Å²) in [5.41, 5.74) is 1.76. The van der Waals surface area contributed by atoms with Crippen LogP contribution in [0, 0.1) is 11.3 Å². The van der Waals surface area contributed by atoms with Crippen LogP contribution >= 0.6 is 15.9 Å². The van der Waals surface area contributed by atoms with Gasteiger partial charge < -0.3 is 14.3 Å². The highest BCUT2D eigenvalue weighted by molar-refractivity contribution is 9.10. The minimum atomic E-state index is -1.13. The van der Waals surface area contributed by atoms with Crippen molar-refractivity contribution in [2.75, 3.05) is 7.11 Å². The molecule has 1 saturated carbocycles. The second kappa shape index (κ2) is 6.54. The van der Waals surface area contributed by atoms with E-state index in [1.165, 1.54) is 0 Å². The minimum Gasteiger partial charge on any atom is -0.496 e. The van der Waals surface area contributed by atoms with Crippen molar-refractivity contribution in [1.29, 1.82) is 0 Å². The molecule has 1 unspecified atom stereocenters. The Morgan fingerprint density at radius 3 is 2.83 bits per heavy atom. The molecule has 6 nitrogen and oxygen atoms in total. The van der Waals surface area contributed by atoms with Gasteiger partial charge in [-0.1, -0.05) is 18.2 Å². The van der Waals surface area contributed by atoms with E-state index in [1.54, 1.807) is 13.2 Å². The fourth-order valence-corrected chi connectivity index (χ4v) is 5.88. The van der Waals surface area contributed by atoms with Crippen LogP contribution in [-0.4, -0.2) is 36.3 Å². The Balaban J connectivity index is 1.48. The Morgan fingerprint density at radius 1 is 1.30 bits per heavy atom. The van der Waals surface area contributed by atoms with Crippen molar-refractivity contribution in [2.45, 2.75) is 44.8 Å². The lowest BCUT2D eigenvalue weighted by Gasteiger charge is -2.43. The van der Waals surface area contributed by atoms with Crippen molar-refractivity contribution in [3.63, 3.8) is 0 Å². The zero-order valence-electron chi connectivity index (χ0n) is 17.0. The third-order valence-corrected chi connectivity index (χ3v) is 7.65. The molecule has 0 aromatic heterocycles. The molecule has 0 N–H and O–H groups in total. The molecule has 1 aromatic carbocycles. The number of fused-ring (bicyclic) bond motifs is 4. The van der Waals surface area contributed by atoms with E-state index in [0.717, 1.165) is 34.2 Å². The number of esters is 1. The first-order valence-corrected chi connectivity index (χ1v) is 10.8. The van der Waals surface area contributed by atoms with Crippen molar-refractivity contribution < 1.29 is 23.9 Å².